The van der Waals surface area contributed by atoms with Crippen LogP contribution >= 0.6 is 0 Å². The minimum Gasteiger partial charge on any atom is -0.399 e. The Labute approximate surface area is 120 Å². The van der Waals surface area contributed by atoms with E-state index < -0.39 is 24.3 Å². The van der Waals surface area contributed by atoms with E-state index in [4.69, 9.17) is 9.31 Å². The van der Waals surface area contributed by atoms with Gasteiger partial charge in [-0.05, 0) is 46.6 Å². The van der Waals surface area contributed by atoms with Crippen molar-refractivity contribution in [2.24, 2.45) is 0 Å². The summed E-state index contributed by atoms with van der Waals surface area (Å²) >= 11 is 0. The molecule has 1 aromatic rings. The Morgan fingerprint density at radius 1 is 1.05 bits per heavy atom. The lowest BCUT2D eigenvalue weighted by atomic mass is 9.79. The van der Waals surface area contributed by atoms with E-state index >= 15 is 0 Å². The molecule has 1 aliphatic heterocycles. The van der Waals surface area contributed by atoms with Gasteiger partial charge >= 0.3 is 7.12 Å². The minimum atomic E-state index is -0.687. The molecule has 1 saturated heterocycles. The Bertz CT molecular complexity index is 539. The largest absolute Gasteiger partial charge is 0.499 e. The third kappa shape index (κ3) is 2.08. The average molecular weight is 277 g/mol. The molecule has 0 amide bonds. The van der Waals surface area contributed by atoms with Crippen molar-refractivity contribution >= 4 is 12.6 Å². The van der Waals surface area contributed by atoms with Gasteiger partial charge in [-0.2, -0.15) is 4.39 Å². The summed E-state index contributed by atoms with van der Waals surface area (Å²) in [6.45, 7) is 9.94. The highest BCUT2D eigenvalue weighted by molar-refractivity contribution is 6.62. The van der Waals surface area contributed by atoms with Gasteiger partial charge in [-0.15, -0.1) is 0 Å². The summed E-state index contributed by atoms with van der Waals surface area (Å²) in [5, 5.41) is 0. The zero-order valence-electron chi connectivity index (χ0n) is 12.8. The van der Waals surface area contributed by atoms with Gasteiger partial charge in [0.15, 0.2) is 0 Å². The fourth-order valence-corrected chi connectivity index (χ4v) is 2.37. The molecule has 5 heteroatoms. The maximum absolute atomic E-state index is 14.3. The lowest BCUT2D eigenvalue weighted by Gasteiger charge is -2.32. The van der Waals surface area contributed by atoms with E-state index in [9.17, 15) is 4.39 Å². The highest BCUT2D eigenvalue weighted by Gasteiger charge is 2.53. The van der Waals surface area contributed by atoms with Crippen molar-refractivity contribution in [3.8, 4) is 0 Å². The molecular formula is C15H21BFNO2. The maximum Gasteiger partial charge on any atom is 0.499 e. The first kappa shape index (κ1) is 14.0. The molecule has 0 spiro atoms. The highest BCUT2D eigenvalue weighted by Crippen LogP contribution is 2.46. The summed E-state index contributed by atoms with van der Waals surface area (Å²) in [5.41, 5.74) is 0.345. The number of hydrogen-bond acceptors (Lipinski definition) is 3. The zero-order chi connectivity index (χ0) is 14.8. The molecule has 1 aromatic heterocycles. The number of pyridine rings is 1. The molecule has 3 nitrogen and oxygen atoms in total. The van der Waals surface area contributed by atoms with Crippen molar-refractivity contribution in [1.29, 1.82) is 0 Å². The van der Waals surface area contributed by atoms with Crippen LogP contribution in [0.15, 0.2) is 12.1 Å². The van der Waals surface area contributed by atoms with Gasteiger partial charge in [-0.3, -0.25) is 0 Å². The molecule has 108 valence electrons. The van der Waals surface area contributed by atoms with Gasteiger partial charge in [0.25, 0.3) is 0 Å². The molecule has 0 aromatic carbocycles. The summed E-state index contributed by atoms with van der Waals surface area (Å²) < 4.78 is 26.0. The Hall–Kier alpha value is -0.935. The van der Waals surface area contributed by atoms with Crippen LogP contribution in [0, 0.1) is 5.95 Å². The number of halogens is 1. The monoisotopic (exact) mass is 277 g/mol. The van der Waals surface area contributed by atoms with Gasteiger partial charge in [-0.25, -0.2) is 4.98 Å². The Morgan fingerprint density at radius 2 is 1.60 bits per heavy atom. The van der Waals surface area contributed by atoms with Gasteiger partial charge in [0, 0.05) is 16.6 Å². The van der Waals surface area contributed by atoms with Crippen LogP contribution in [0.3, 0.4) is 0 Å². The molecular weight excluding hydrogens is 256 g/mol. The summed E-state index contributed by atoms with van der Waals surface area (Å²) in [4.78, 5) is 4.12. The normalized spacial score (nSPS) is 25.8. The van der Waals surface area contributed by atoms with E-state index in [2.05, 4.69) is 11.9 Å². The van der Waals surface area contributed by atoms with Gasteiger partial charge < -0.3 is 9.31 Å². The first-order valence-corrected chi connectivity index (χ1v) is 7.17. The standard InChI is InChI=1S/C15H21BFNO2/c1-13(2)14(3,4)20-16(19-13)10-6-7-11(18-12(10)17)15(5)8-9-15/h6-7H,8-9H2,1-5H3. The van der Waals surface area contributed by atoms with E-state index in [1.54, 1.807) is 6.07 Å². The van der Waals surface area contributed by atoms with Crippen LogP contribution < -0.4 is 5.46 Å². The van der Waals surface area contributed by atoms with Crippen LogP contribution in [0.5, 0.6) is 0 Å². The molecule has 3 rings (SSSR count). The van der Waals surface area contributed by atoms with Crippen LogP contribution in [0.1, 0.15) is 53.2 Å². The first-order valence-electron chi connectivity index (χ1n) is 7.17. The van der Waals surface area contributed by atoms with Crippen molar-refractivity contribution in [2.45, 2.75) is 64.1 Å². The van der Waals surface area contributed by atoms with Crippen molar-refractivity contribution in [1.82, 2.24) is 4.98 Å². The minimum absolute atomic E-state index is 0.0648. The molecule has 2 aliphatic rings. The van der Waals surface area contributed by atoms with Crippen molar-refractivity contribution in [2.75, 3.05) is 0 Å². The zero-order valence-corrected chi connectivity index (χ0v) is 12.8. The van der Waals surface area contributed by atoms with Crippen LogP contribution in [0.25, 0.3) is 0 Å². The number of aromatic nitrogens is 1. The van der Waals surface area contributed by atoms with Gasteiger partial charge in [-0.1, -0.05) is 13.0 Å². The summed E-state index contributed by atoms with van der Waals surface area (Å²) in [5.74, 6) is -0.478. The van der Waals surface area contributed by atoms with E-state index in [0.29, 0.717) is 5.46 Å². The third-order valence-corrected chi connectivity index (χ3v) is 5.00. The van der Waals surface area contributed by atoms with Crippen molar-refractivity contribution < 1.29 is 13.7 Å². The Morgan fingerprint density at radius 3 is 2.05 bits per heavy atom. The number of hydrogen-bond donors (Lipinski definition) is 0. The van der Waals surface area contributed by atoms with E-state index in [1.165, 1.54) is 0 Å². The predicted octanol–water partition coefficient (Wildman–Crippen LogP) is 2.57. The molecule has 2 heterocycles. The Balaban J connectivity index is 1.89. The van der Waals surface area contributed by atoms with E-state index in [-0.39, 0.29) is 5.41 Å². The van der Waals surface area contributed by atoms with Crippen molar-refractivity contribution in [3.63, 3.8) is 0 Å². The maximum atomic E-state index is 14.3. The smallest absolute Gasteiger partial charge is 0.399 e. The second kappa shape index (κ2) is 4.04. The third-order valence-electron chi connectivity index (χ3n) is 5.00. The average Bonchev–Trinajstić information content (AvgIpc) is 3.01. The molecule has 0 N–H and O–H groups in total. The van der Waals surface area contributed by atoms with Crippen LogP contribution in [0.2, 0.25) is 0 Å². The summed E-state index contributed by atoms with van der Waals surface area (Å²) in [6.07, 6.45) is 2.16. The molecule has 0 atom stereocenters. The molecule has 1 saturated carbocycles. The predicted molar refractivity (Wildman–Crippen MR) is 76.5 cm³/mol. The van der Waals surface area contributed by atoms with E-state index in [1.807, 2.05) is 33.8 Å². The Kier molecular flexibility index (Phi) is 2.84. The van der Waals surface area contributed by atoms with Crippen LogP contribution in [-0.4, -0.2) is 23.3 Å². The second-order valence-electron chi connectivity index (χ2n) is 7.23. The fraction of sp³-hybridized carbons (Fsp3) is 0.667. The van der Waals surface area contributed by atoms with Crippen LogP contribution in [-0.2, 0) is 14.7 Å². The second-order valence-corrected chi connectivity index (χ2v) is 7.23. The van der Waals surface area contributed by atoms with E-state index in [0.717, 1.165) is 18.5 Å². The fourth-order valence-electron chi connectivity index (χ4n) is 2.37. The molecule has 0 unspecified atom stereocenters. The topological polar surface area (TPSA) is 31.4 Å². The highest BCUT2D eigenvalue weighted by atomic mass is 19.1. The summed E-state index contributed by atoms with van der Waals surface area (Å²) in [7, 11) is -0.687. The van der Waals surface area contributed by atoms with Gasteiger partial charge in [0.2, 0.25) is 5.95 Å². The molecule has 20 heavy (non-hydrogen) atoms. The lowest BCUT2D eigenvalue weighted by Crippen LogP contribution is -2.41. The molecule has 2 fully saturated rings. The first-order chi connectivity index (χ1) is 9.15. The van der Waals surface area contributed by atoms with Crippen molar-refractivity contribution in [3.05, 3.63) is 23.8 Å². The lowest BCUT2D eigenvalue weighted by molar-refractivity contribution is 0.00578. The van der Waals surface area contributed by atoms with Gasteiger partial charge in [0.05, 0.1) is 11.2 Å². The van der Waals surface area contributed by atoms with Gasteiger partial charge in [0.1, 0.15) is 0 Å². The molecule has 1 aliphatic carbocycles. The SMILES string of the molecule is CC1(c2ccc(B3OC(C)(C)C(C)(C)O3)c(F)n2)CC1. The quantitative estimate of drug-likeness (QED) is 0.615. The summed E-state index contributed by atoms with van der Waals surface area (Å²) in [6, 6.07) is 3.65. The molecule has 0 bridgehead atoms. The van der Waals surface area contributed by atoms with Crippen LogP contribution in [0.4, 0.5) is 4.39 Å². The number of nitrogens with zero attached hydrogens (tertiary/aromatic N) is 1. The number of rotatable bonds is 2. The molecule has 0 radical (unpaired) electrons.